The summed E-state index contributed by atoms with van der Waals surface area (Å²) in [4.78, 5) is 23.8. The molecular formula is C31H35Cl2N7. The molecule has 1 fully saturated rings. The van der Waals surface area contributed by atoms with Crippen LogP contribution in [0.15, 0.2) is 60.7 Å². The summed E-state index contributed by atoms with van der Waals surface area (Å²) in [5.74, 6) is 3.03. The van der Waals surface area contributed by atoms with Crippen molar-refractivity contribution < 1.29 is 0 Å². The van der Waals surface area contributed by atoms with Gasteiger partial charge in [0.05, 0.1) is 22.1 Å². The van der Waals surface area contributed by atoms with Crippen molar-refractivity contribution in [1.29, 1.82) is 0 Å². The Morgan fingerprint density at radius 3 is 2.23 bits per heavy atom. The monoisotopic (exact) mass is 575 g/mol. The summed E-state index contributed by atoms with van der Waals surface area (Å²) < 4.78 is 0. The Morgan fingerprint density at radius 1 is 0.775 bits per heavy atom. The molecule has 6 rings (SSSR count). The molecule has 40 heavy (non-hydrogen) atoms. The predicted octanol–water partition coefficient (Wildman–Crippen LogP) is 5.93. The van der Waals surface area contributed by atoms with Gasteiger partial charge in [-0.25, -0.2) is 9.97 Å². The molecule has 9 heteroatoms. The maximum Gasteiger partial charge on any atom is 0.138 e. The predicted molar refractivity (Wildman–Crippen MR) is 168 cm³/mol. The van der Waals surface area contributed by atoms with Gasteiger partial charge in [-0.2, -0.15) is 0 Å². The molecule has 0 saturated carbocycles. The van der Waals surface area contributed by atoms with E-state index in [2.05, 4.69) is 92.4 Å². The van der Waals surface area contributed by atoms with Gasteiger partial charge < -0.3 is 24.7 Å². The second-order valence-electron chi connectivity index (χ2n) is 10.5. The summed E-state index contributed by atoms with van der Waals surface area (Å²) in [6.07, 6.45) is 1.76. The number of hydrogen-bond donors (Lipinski definition) is 2. The fraction of sp³-hybridized carbons (Fsp3) is 0.355. The number of fused-ring (bicyclic) bond motifs is 2. The van der Waals surface area contributed by atoms with E-state index in [9.17, 15) is 0 Å². The average Bonchev–Trinajstić information content (AvgIpc) is 3.60. The van der Waals surface area contributed by atoms with Crippen molar-refractivity contribution in [3.05, 3.63) is 72.1 Å². The van der Waals surface area contributed by atoms with E-state index >= 15 is 0 Å². The number of aromatic amines is 2. The number of likely N-dealkylation sites (N-methyl/N-ethyl adjacent to an activating group) is 1. The van der Waals surface area contributed by atoms with Crippen LogP contribution in [0.5, 0.6) is 0 Å². The molecule has 1 aliphatic rings. The van der Waals surface area contributed by atoms with Crippen LogP contribution in [-0.4, -0.2) is 82.9 Å². The minimum absolute atomic E-state index is 0.568. The number of alkyl halides is 2. The zero-order valence-corrected chi connectivity index (χ0v) is 24.3. The van der Waals surface area contributed by atoms with Gasteiger partial charge in [0.2, 0.25) is 0 Å². The van der Waals surface area contributed by atoms with Gasteiger partial charge in [0, 0.05) is 74.4 Å². The van der Waals surface area contributed by atoms with Crippen molar-refractivity contribution in [3.63, 3.8) is 0 Å². The van der Waals surface area contributed by atoms with Crippen molar-refractivity contribution in [2.24, 2.45) is 0 Å². The van der Waals surface area contributed by atoms with Crippen molar-refractivity contribution in [2.75, 3.05) is 67.9 Å². The molecule has 1 saturated heterocycles. The van der Waals surface area contributed by atoms with Gasteiger partial charge in [-0.1, -0.05) is 6.07 Å². The van der Waals surface area contributed by atoms with Crippen LogP contribution in [0.4, 0.5) is 11.4 Å². The van der Waals surface area contributed by atoms with Gasteiger partial charge in [0.25, 0.3) is 0 Å². The van der Waals surface area contributed by atoms with E-state index in [0.717, 1.165) is 97.1 Å². The SMILES string of the molecule is CN1CCN(c2ccc3nc(CCc4ccc5nc(-c6ccc(N(CCCl)CCCl)cc6)[nH]c5c4)[nH]c3c2)CC1. The number of aromatic nitrogens is 4. The molecule has 7 nitrogen and oxygen atoms in total. The number of halogens is 2. The molecule has 208 valence electrons. The molecule has 1 aliphatic heterocycles. The highest BCUT2D eigenvalue weighted by Gasteiger charge is 2.15. The number of piperazine rings is 1. The highest BCUT2D eigenvalue weighted by atomic mass is 35.5. The summed E-state index contributed by atoms with van der Waals surface area (Å²) in [5, 5.41) is 0. The van der Waals surface area contributed by atoms with Crippen molar-refractivity contribution in [3.8, 4) is 11.4 Å². The lowest BCUT2D eigenvalue weighted by Crippen LogP contribution is -2.44. The van der Waals surface area contributed by atoms with E-state index < -0.39 is 0 Å². The van der Waals surface area contributed by atoms with Crippen LogP contribution in [0.3, 0.4) is 0 Å². The Balaban J connectivity index is 1.13. The Labute approximate surface area is 245 Å². The first-order chi connectivity index (χ1) is 19.6. The zero-order chi connectivity index (χ0) is 27.5. The van der Waals surface area contributed by atoms with E-state index in [0.29, 0.717) is 11.8 Å². The van der Waals surface area contributed by atoms with Crippen LogP contribution in [0.25, 0.3) is 33.5 Å². The van der Waals surface area contributed by atoms with Gasteiger partial charge in [-0.05, 0) is 73.6 Å². The number of aryl methyl sites for hydroxylation is 2. The van der Waals surface area contributed by atoms with E-state index in [-0.39, 0.29) is 0 Å². The number of H-pyrrole nitrogens is 2. The summed E-state index contributed by atoms with van der Waals surface area (Å²) in [6, 6.07) is 21.5. The molecule has 0 aliphatic carbocycles. The summed E-state index contributed by atoms with van der Waals surface area (Å²) in [5.41, 5.74) is 8.85. The van der Waals surface area contributed by atoms with E-state index in [1.54, 1.807) is 0 Å². The van der Waals surface area contributed by atoms with Crippen molar-refractivity contribution in [2.45, 2.75) is 12.8 Å². The molecule has 3 aromatic carbocycles. The van der Waals surface area contributed by atoms with Gasteiger partial charge in [0.15, 0.2) is 0 Å². The average molecular weight is 577 g/mol. The minimum atomic E-state index is 0.568. The Hall–Kier alpha value is -3.26. The topological polar surface area (TPSA) is 67.1 Å². The van der Waals surface area contributed by atoms with Crippen LogP contribution >= 0.6 is 23.2 Å². The molecule has 2 aromatic heterocycles. The molecule has 0 atom stereocenters. The third kappa shape index (κ3) is 5.92. The number of benzene rings is 3. The smallest absolute Gasteiger partial charge is 0.138 e. The fourth-order valence-corrected chi connectivity index (χ4v) is 5.85. The molecule has 0 bridgehead atoms. The second kappa shape index (κ2) is 12.1. The number of nitrogens with one attached hydrogen (secondary N) is 2. The van der Waals surface area contributed by atoms with Crippen LogP contribution in [0.2, 0.25) is 0 Å². The van der Waals surface area contributed by atoms with Crippen LogP contribution < -0.4 is 9.80 Å². The lowest BCUT2D eigenvalue weighted by molar-refractivity contribution is 0.313. The number of anilines is 2. The van der Waals surface area contributed by atoms with Crippen LogP contribution in [-0.2, 0) is 12.8 Å². The lowest BCUT2D eigenvalue weighted by Gasteiger charge is -2.34. The minimum Gasteiger partial charge on any atom is -0.369 e. The second-order valence-corrected chi connectivity index (χ2v) is 11.3. The molecule has 0 radical (unpaired) electrons. The van der Waals surface area contributed by atoms with Crippen molar-refractivity contribution in [1.82, 2.24) is 24.8 Å². The maximum absolute atomic E-state index is 5.97. The summed E-state index contributed by atoms with van der Waals surface area (Å²) >= 11 is 11.9. The highest BCUT2D eigenvalue weighted by Crippen LogP contribution is 2.26. The Kier molecular flexibility index (Phi) is 8.14. The molecule has 0 unspecified atom stereocenters. The number of nitrogens with zero attached hydrogens (tertiary/aromatic N) is 5. The van der Waals surface area contributed by atoms with Gasteiger partial charge in [0.1, 0.15) is 11.6 Å². The third-order valence-corrected chi connectivity index (χ3v) is 8.13. The van der Waals surface area contributed by atoms with Crippen LogP contribution in [0, 0.1) is 0 Å². The Bertz CT molecular complexity index is 1560. The molecule has 0 amide bonds. The quantitative estimate of drug-likeness (QED) is 0.202. The molecule has 5 aromatic rings. The summed E-state index contributed by atoms with van der Waals surface area (Å²) in [6.45, 7) is 5.87. The van der Waals surface area contributed by atoms with E-state index in [1.807, 2.05) is 0 Å². The van der Waals surface area contributed by atoms with E-state index in [1.165, 1.54) is 11.3 Å². The first-order valence-electron chi connectivity index (χ1n) is 14.0. The first-order valence-corrected chi connectivity index (χ1v) is 15.0. The fourth-order valence-electron chi connectivity index (χ4n) is 5.45. The standard InChI is InChI=1S/C31H35Cl2N7/c1-38-16-18-40(19-17-38)25-8-10-26-29(21-25)35-30(34-26)11-3-22-2-9-27-28(20-22)37-31(36-27)23-4-6-24(7-5-23)39(14-12-32)15-13-33/h2,4-10,20-21H,3,11-19H2,1H3,(H,34,35)(H,36,37). The van der Waals surface area contributed by atoms with Crippen molar-refractivity contribution >= 4 is 56.6 Å². The molecule has 3 heterocycles. The third-order valence-electron chi connectivity index (χ3n) is 7.79. The summed E-state index contributed by atoms with van der Waals surface area (Å²) in [7, 11) is 2.19. The number of rotatable bonds is 10. The normalized spacial score (nSPS) is 14.4. The van der Waals surface area contributed by atoms with Gasteiger partial charge in [-0.3, -0.25) is 0 Å². The Morgan fingerprint density at radius 2 is 1.48 bits per heavy atom. The number of imidazole rings is 2. The first kappa shape index (κ1) is 26.9. The van der Waals surface area contributed by atoms with Crippen LogP contribution in [0.1, 0.15) is 11.4 Å². The lowest BCUT2D eigenvalue weighted by atomic mass is 10.1. The van der Waals surface area contributed by atoms with Gasteiger partial charge >= 0.3 is 0 Å². The van der Waals surface area contributed by atoms with Gasteiger partial charge in [-0.15, -0.1) is 23.2 Å². The largest absolute Gasteiger partial charge is 0.369 e. The number of hydrogen-bond acceptors (Lipinski definition) is 5. The molecule has 2 N–H and O–H groups in total. The maximum atomic E-state index is 5.97. The zero-order valence-electron chi connectivity index (χ0n) is 22.8. The van der Waals surface area contributed by atoms with E-state index in [4.69, 9.17) is 33.2 Å². The molecule has 0 spiro atoms. The highest BCUT2D eigenvalue weighted by molar-refractivity contribution is 6.18. The molecular weight excluding hydrogens is 541 g/mol.